The SMILES string of the molecule is CC(=O)C1=NN2c3cc(F)ccc3OCC2[C@@]1(CCC[N+]1([O-])CCCN(C)CC1)c1ccccc1. The molecule has 0 N–H and O–H groups in total. The Morgan fingerprint density at radius 2 is 2.03 bits per heavy atom. The zero-order chi connectivity index (χ0) is 24.6. The zero-order valence-corrected chi connectivity index (χ0v) is 20.5. The Hall–Kier alpha value is -2.81. The summed E-state index contributed by atoms with van der Waals surface area (Å²) in [6, 6.07) is 14.0. The van der Waals surface area contributed by atoms with Crippen molar-refractivity contribution < 1.29 is 18.6 Å². The maximum absolute atomic E-state index is 14.2. The average molecular weight is 481 g/mol. The summed E-state index contributed by atoms with van der Waals surface area (Å²) in [6.45, 7) is 5.27. The number of likely N-dealkylation sites (N-methyl/N-ethyl adjacent to an activating group) is 1. The summed E-state index contributed by atoms with van der Waals surface area (Å²) >= 11 is 0. The number of nitrogens with zero attached hydrogens (tertiary/aromatic N) is 4. The minimum atomic E-state index is -0.751. The molecule has 0 radical (unpaired) electrons. The maximum atomic E-state index is 14.2. The number of carbonyl (C=O) groups excluding carboxylic acids is 1. The molecule has 1 saturated heterocycles. The lowest BCUT2D eigenvalue weighted by Crippen LogP contribution is -2.54. The van der Waals surface area contributed by atoms with Gasteiger partial charge in [-0.1, -0.05) is 30.3 Å². The first-order valence-electron chi connectivity index (χ1n) is 12.5. The smallest absolute Gasteiger partial charge is 0.176 e. The Morgan fingerprint density at radius 3 is 2.80 bits per heavy atom. The molecular formula is C27H33FN4O3. The summed E-state index contributed by atoms with van der Waals surface area (Å²) in [4.78, 5) is 15.2. The van der Waals surface area contributed by atoms with Gasteiger partial charge in [0.1, 0.15) is 35.6 Å². The van der Waals surface area contributed by atoms with Crippen LogP contribution in [0.15, 0.2) is 53.6 Å². The highest BCUT2D eigenvalue weighted by Crippen LogP contribution is 2.48. The van der Waals surface area contributed by atoms with Crippen LogP contribution in [-0.2, 0) is 10.2 Å². The summed E-state index contributed by atoms with van der Waals surface area (Å²) < 4.78 is 20.1. The van der Waals surface area contributed by atoms with Crippen molar-refractivity contribution in [2.75, 3.05) is 51.4 Å². The van der Waals surface area contributed by atoms with E-state index in [1.165, 1.54) is 19.1 Å². The van der Waals surface area contributed by atoms with Crippen LogP contribution < -0.4 is 9.75 Å². The normalized spacial score (nSPS) is 28.5. The lowest BCUT2D eigenvalue weighted by Gasteiger charge is -2.44. The first-order chi connectivity index (χ1) is 16.8. The fourth-order valence-corrected chi connectivity index (χ4v) is 5.98. The number of rotatable bonds is 6. The first kappa shape index (κ1) is 23.9. The number of anilines is 1. The van der Waals surface area contributed by atoms with Gasteiger partial charge in [0.2, 0.25) is 0 Å². The molecule has 3 heterocycles. The zero-order valence-electron chi connectivity index (χ0n) is 20.5. The molecular weight excluding hydrogens is 447 g/mol. The number of Topliss-reactive ketones (excluding diaryl/α,β-unsaturated/α-hetero) is 1. The van der Waals surface area contributed by atoms with Gasteiger partial charge < -0.3 is 19.5 Å². The van der Waals surface area contributed by atoms with Crippen molar-refractivity contribution in [3.8, 4) is 5.75 Å². The number of hydroxylamine groups is 3. The van der Waals surface area contributed by atoms with Crippen LogP contribution in [0.5, 0.6) is 5.75 Å². The third-order valence-corrected chi connectivity index (χ3v) is 7.81. The molecule has 0 amide bonds. The van der Waals surface area contributed by atoms with E-state index in [4.69, 9.17) is 9.84 Å². The predicted molar refractivity (Wildman–Crippen MR) is 134 cm³/mol. The second kappa shape index (κ2) is 9.33. The van der Waals surface area contributed by atoms with Crippen molar-refractivity contribution in [1.82, 2.24) is 4.90 Å². The van der Waals surface area contributed by atoms with E-state index in [9.17, 15) is 14.4 Å². The monoisotopic (exact) mass is 480 g/mol. The molecule has 0 bridgehead atoms. The largest absolute Gasteiger partial charge is 0.633 e. The molecule has 0 saturated carbocycles. The van der Waals surface area contributed by atoms with Crippen LogP contribution in [0.3, 0.4) is 0 Å². The van der Waals surface area contributed by atoms with Gasteiger partial charge in [-0.15, -0.1) is 0 Å². The topological polar surface area (TPSA) is 68.2 Å². The molecule has 3 aliphatic rings. The molecule has 3 aliphatic heterocycles. The minimum absolute atomic E-state index is 0.122. The molecule has 2 aromatic carbocycles. The number of benzene rings is 2. The van der Waals surface area contributed by atoms with Crippen LogP contribution in [0.4, 0.5) is 10.1 Å². The molecule has 0 aromatic heterocycles. The van der Waals surface area contributed by atoms with E-state index in [1.807, 2.05) is 30.3 Å². The molecule has 8 heteroatoms. The van der Waals surface area contributed by atoms with E-state index in [2.05, 4.69) is 11.9 Å². The van der Waals surface area contributed by atoms with Crippen LogP contribution in [0.25, 0.3) is 0 Å². The highest BCUT2D eigenvalue weighted by Gasteiger charge is 2.56. The van der Waals surface area contributed by atoms with E-state index in [0.29, 0.717) is 56.2 Å². The Morgan fingerprint density at radius 1 is 1.23 bits per heavy atom. The highest BCUT2D eigenvalue weighted by molar-refractivity contribution is 6.43. The van der Waals surface area contributed by atoms with Gasteiger partial charge in [0, 0.05) is 32.5 Å². The molecule has 5 rings (SSSR count). The molecule has 1 fully saturated rings. The number of hydrogen-bond acceptors (Lipinski definition) is 6. The fourth-order valence-electron chi connectivity index (χ4n) is 5.98. The van der Waals surface area contributed by atoms with Gasteiger partial charge in [-0.3, -0.25) is 9.80 Å². The molecule has 3 atom stereocenters. The second-order valence-electron chi connectivity index (χ2n) is 10.1. The Labute approximate surface area is 205 Å². The van der Waals surface area contributed by atoms with Crippen LogP contribution >= 0.6 is 0 Å². The molecule has 2 aromatic rings. The van der Waals surface area contributed by atoms with Gasteiger partial charge in [0.05, 0.1) is 25.0 Å². The maximum Gasteiger partial charge on any atom is 0.176 e. The first-order valence-corrected chi connectivity index (χ1v) is 12.5. The molecule has 35 heavy (non-hydrogen) atoms. The molecule has 7 nitrogen and oxygen atoms in total. The number of hydrogen-bond donors (Lipinski definition) is 0. The summed E-state index contributed by atoms with van der Waals surface area (Å²) in [7, 11) is 2.06. The number of hydrazone groups is 1. The molecule has 186 valence electrons. The Bertz CT molecular complexity index is 1130. The molecule has 0 aliphatic carbocycles. The van der Waals surface area contributed by atoms with E-state index >= 15 is 0 Å². The lowest BCUT2D eigenvalue weighted by molar-refractivity contribution is -0.879. The number of halogens is 1. The number of quaternary nitrogens is 1. The third-order valence-electron chi connectivity index (χ3n) is 7.81. The van der Waals surface area contributed by atoms with Crippen molar-refractivity contribution in [3.63, 3.8) is 0 Å². The number of ketones is 1. The van der Waals surface area contributed by atoms with E-state index < -0.39 is 5.41 Å². The standard InChI is InChI=1S/C27H33FN4O3/c1-20(33)26-27(21-8-4-3-5-9-21,12-6-15-32(34)16-7-13-30(2)14-17-32)25-19-35-24-11-10-22(28)18-23(24)31(25)29-26/h3-5,8-11,18,25H,6-7,12-17,19H2,1-2H3/t25?,27-,32?/m1/s1. The van der Waals surface area contributed by atoms with Crippen molar-refractivity contribution in [1.29, 1.82) is 0 Å². The van der Waals surface area contributed by atoms with Gasteiger partial charge in [-0.25, -0.2) is 4.39 Å². The van der Waals surface area contributed by atoms with Crippen LogP contribution in [0.1, 0.15) is 31.7 Å². The summed E-state index contributed by atoms with van der Waals surface area (Å²) in [6.07, 6.45) is 2.12. The van der Waals surface area contributed by atoms with Gasteiger partial charge in [0.15, 0.2) is 5.78 Å². The van der Waals surface area contributed by atoms with E-state index in [0.717, 1.165) is 25.1 Å². The second-order valence-corrected chi connectivity index (χ2v) is 10.1. The number of ether oxygens (including phenoxy) is 1. The van der Waals surface area contributed by atoms with E-state index in [-0.39, 0.29) is 22.3 Å². The van der Waals surface area contributed by atoms with Crippen molar-refractivity contribution in [2.45, 2.75) is 37.6 Å². The van der Waals surface area contributed by atoms with Gasteiger partial charge in [0.25, 0.3) is 0 Å². The number of fused-ring (bicyclic) bond motifs is 3. The highest BCUT2D eigenvalue weighted by atomic mass is 19.1. The average Bonchev–Trinajstić information content (AvgIpc) is 3.09. The van der Waals surface area contributed by atoms with Gasteiger partial charge in [-0.2, -0.15) is 5.10 Å². The van der Waals surface area contributed by atoms with Gasteiger partial charge in [-0.05, 0) is 37.6 Å². The van der Waals surface area contributed by atoms with Crippen molar-refractivity contribution in [2.24, 2.45) is 5.10 Å². The van der Waals surface area contributed by atoms with E-state index in [1.54, 1.807) is 11.1 Å². The Balaban J connectivity index is 1.51. The van der Waals surface area contributed by atoms with Crippen LogP contribution in [0.2, 0.25) is 0 Å². The summed E-state index contributed by atoms with van der Waals surface area (Å²) in [5.41, 5.74) is 1.19. The minimum Gasteiger partial charge on any atom is -0.633 e. The molecule has 0 spiro atoms. The van der Waals surface area contributed by atoms with Crippen molar-refractivity contribution in [3.05, 3.63) is 65.1 Å². The van der Waals surface area contributed by atoms with Crippen molar-refractivity contribution >= 4 is 17.2 Å². The fraction of sp³-hybridized carbons (Fsp3) is 0.481. The predicted octanol–water partition coefficient (Wildman–Crippen LogP) is 3.72. The van der Waals surface area contributed by atoms with Crippen LogP contribution in [-0.4, -0.2) is 73.5 Å². The summed E-state index contributed by atoms with van der Waals surface area (Å²) in [5.74, 6) is 0.0493. The lowest BCUT2D eigenvalue weighted by atomic mass is 9.67. The van der Waals surface area contributed by atoms with Crippen LogP contribution in [0, 0.1) is 11.0 Å². The molecule has 2 unspecified atom stereocenters. The Kier molecular flexibility index (Phi) is 6.38. The quantitative estimate of drug-likeness (QED) is 0.466. The third kappa shape index (κ3) is 4.35. The number of carbonyl (C=O) groups is 1. The summed E-state index contributed by atoms with van der Waals surface area (Å²) in [5, 5.41) is 20.1. The van der Waals surface area contributed by atoms with Gasteiger partial charge >= 0.3 is 0 Å².